The van der Waals surface area contributed by atoms with Crippen LogP contribution in [0, 0.1) is 0 Å². The Morgan fingerprint density at radius 1 is 0.704 bits per heavy atom. The highest BCUT2D eigenvalue weighted by molar-refractivity contribution is 6.85. The third-order valence-electron chi connectivity index (χ3n) is 2.32. The average molecular weight is 475 g/mol. The van der Waals surface area contributed by atoms with Crippen molar-refractivity contribution < 1.29 is 25.5 Å². The zero-order valence-electron chi connectivity index (χ0n) is 14.4. The Kier molecular flexibility index (Phi) is 27.8. The first-order valence-electron chi connectivity index (χ1n) is 7.14. The molecule has 27 heavy (non-hydrogen) atoms. The fourth-order valence-corrected chi connectivity index (χ4v) is 16.9. The summed E-state index contributed by atoms with van der Waals surface area (Å²) in [4.78, 5) is 0. The van der Waals surface area contributed by atoms with Crippen molar-refractivity contribution >= 4 is 34.5 Å². The zero-order valence-corrected chi connectivity index (χ0v) is 18.5. The zero-order chi connectivity index (χ0) is 17.1. The first-order valence-corrected chi connectivity index (χ1v) is 18.6. The van der Waals surface area contributed by atoms with Gasteiger partial charge in [0.2, 0.25) is 0 Å². The number of hydrogen-bond acceptors (Lipinski definition) is 3. The van der Waals surface area contributed by atoms with Gasteiger partial charge in [0.25, 0.3) is 9.28 Å². The summed E-state index contributed by atoms with van der Waals surface area (Å²) in [5.74, 6) is 0. The molecular weight excluding hydrogens is 422 g/mol. The predicted molar refractivity (Wildman–Crippen MR) is 130 cm³/mol. The van der Waals surface area contributed by atoms with E-state index in [1.54, 1.807) is 6.55 Å². The molecule has 2 unspecified atom stereocenters. The Hall–Kier alpha value is 0.538. The van der Waals surface area contributed by atoms with Crippen molar-refractivity contribution in [3.63, 3.8) is 0 Å². The molecule has 0 aromatic heterocycles. The van der Waals surface area contributed by atoms with Gasteiger partial charge in [-0.15, -0.1) is 0 Å². The van der Waals surface area contributed by atoms with Crippen LogP contribution in [0.1, 0.15) is 51.0 Å². The summed E-state index contributed by atoms with van der Waals surface area (Å²) in [5.41, 5.74) is 0. The minimum Gasteiger partial charge on any atom is -0.439 e. The molecule has 0 aliphatic rings. The van der Waals surface area contributed by atoms with Gasteiger partial charge in [-0.25, -0.2) is 0 Å². The van der Waals surface area contributed by atoms with Crippen molar-refractivity contribution in [3.05, 3.63) is 0 Å². The highest BCUT2D eigenvalue weighted by atomic mass is 28.5. The van der Waals surface area contributed by atoms with Gasteiger partial charge in [-0.2, -0.15) is 13.2 Å². The molecule has 2 atom stereocenters. The predicted octanol–water partition coefficient (Wildman–Crippen LogP) is 8.40. The summed E-state index contributed by atoms with van der Waals surface area (Å²) < 4.78 is 55.6. The lowest BCUT2D eigenvalue weighted by atomic mass is 10.5. The van der Waals surface area contributed by atoms with Crippen molar-refractivity contribution in [1.29, 1.82) is 0 Å². The summed E-state index contributed by atoms with van der Waals surface area (Å²) >= 11 is 0. The van der Waals surface area contributed by atoms with Gasteiger partial charge < -0.3 is 12.3 Å². The third kappa shape index (κ3) is 28.8. The van der Waals surface area contributed by atoms with Crippen molar-refractivity contribution in [2.45, 2.75) is 116 Å². The lowest BCUT2D eigenvalue weighted by Crippen LogP contribution is -2.52. The van der Waals surface area contributed by atoms with E-state index in [1.165, 1.54) is 0 Å². The highest BCUT2D eigenvalue weighted by Crippen LogP contribution is 2.30. The van der Waals surface area contributed by atoms with Crippen molar-refractivity contribution in [2.75, 3.05) is 0 Å². The summed E-state index contributed by atoms with van der Waals surface area (Å²) in [7, 11) is -8.54. The second kappa shape index (κ2) is 16.3. The van der Waals surface area contributed by atoms with Crippen LogP contribution in [-0.4, -0.2) is 40.7 Å². The third-order valence-corrected chi connectivity index (χ3v) is 15.1. The van der Waals surface area contributed by atoms with Crippen LogP contribution in [0.4, 0.5) is 13.2 Å². The minimum absolute atomic E-state index is 0. The van der Waals surface area contributed by atoms with E-state index in [1.807, 2.05) is 45.8 Å². The molecule has 176 valence electrons. The van der Waals surface area contributed by atoms with E-state index >= 15 is 0 Å². The molecule has 0 radical (unpaired) electrons. The van der Waals surface area contributed by atoms with E-state index < -0.39 is 47.1 Å². The van der Waals surface area contributed by atoms with Crippen LogP contribution in [0.5, 0.6) is 0 Å². The van der Waals surface area contributed by atoms with E-state index in [0.29, 0.717) is 0 Å². The van der Waals surface area contributed by atoms with Gasteiger partial charge in [0.15, 0.2) is 16.6 Å². The summed E-state index contributed by atoms with van der Waals surface area (Å²) in [6.07, 6.45) is -5.03. The van der Waals surface area contributed by atoms with Crippen molar-refractivity contribution in [2.24, 2.45) is 0 Å². The fraction of sp³-hybridized carbons (Fsp3) is 1.00. The highest BCUT2D eigenvalue weighted by Gasteiger charge is 2.42. The maximum atomic E-state index is 12.5. The summed E-state index contributed by atoms with van der Waals surface area (Å²) in [5, 5.41) is 0. The topological polar surface area (TPSA) is 27.7 Å². The number of halogens is 3. The Morgan fingerprint density at radius 2 is 1.07 bits per heavy atom. The Balaban J connectivity index is -0.000000133. The van der Waals surface area contributed by atoms with Gasteiger partial charge in [-0.05, 0) is 58.4 Å². The molecule has 0 N–H and O–H groups in total. The number of hydrogen-bond donors (Lipinski definition) is 0. The summed E-state index contributed by atoms with van der Waals surface area (Å²) in [6, 6.07) is -0.0623. The standard InChI is InChI=1S/C11H29F3O3Si4.6CH4/c1-18(15-19(2,3)4)16-21(8,17-20(5,6)7)10-9-11(12,13)14;;;;;;/h18H,9-10H2,1-8H3;6*1H4. The van der Waals surface area contributed by atoms with Crippen molar-refractivity contribution in [1.82, 2.24) is 0 Å². The second-order valence-corrected chi connectivity index (χ2v) is 22.4. The van der Waals surface area contributed by atoms with Gasteiger partial charge in [-0.3, -0.25) is 0 Å². The van der Waals surface area contributed by atoms with E-state index in [4.69, 9.17) is 12.3 Å². The Morgan fingerprint density at radius 3 is 1.33 bits per heavy atom. The van der Waals surface area contributed by atoms with Crippen LogP contribution < -0.4 is 0 Å². The van der Waals surface area contributed by atoms with Crippen LogP contribution in [-0.2, 0) is 12.3 Å². The maximum Gasteiger partial charge on any atom is 0.389 e. The van der Waals surface area contributed by atoms with Gasteiger partial charge in [0.05, 0.1) is 0 Å². The lowest BCUT2D eigenvalue weighted by Gasteiger charge is -2.37. The minimum atomic E-state index is -4.18. The normalized spacial score (nSPS) is 14.3. The number of rotatable bonds is 8. The molecule has 0 aliphatic heterocycles. The Labute approximate surface area is 175 Å². The molecule has 10 heteroatoms. The molecule has 0 fully saturated rings. The molecular formula is C17H53F3O3Si4. The van der Waals surface area contributed by atoms with Crippen LogP contribution in [0.15, 0.2) is 0 Å². The average Bonchev–Trinajstić information content (AvgIpc) is 2.06. The second-order valence-electron chi connectivity index (χ2n) is 7.38. The molecule has 0 heterocycles. The van der Waals surface area contributed by atoms with Gasteiger partial charge in [0, 0.05) is 6.42 Å². The molecule has 0 amide bonds. The fourth-order valence-electron chi connectivity index (χ4n) is 2.02. The number of alkyl halides is 3. The monoisotopic (exact) mass is 474 g/mol. The van der Waals surface area contributed by atoms with Crippen LogP contribution in [0.25, 0.3) is 0 Å². The molecule has 0 spiro atoms. The van der Waals surface area contributed by atoms with Crippen molar-refractivity contribution in [3.8, 4) is 0 Å². The molecule has 0 saturated carbocycles. The van der Waals surface area contributed by atoms with E-state index in [2.05, 4.69) is 0 Å². The van der Waals surface area contributed by atoms with Crippen LogP contribution in [0.2, 0.25) is 58.4 Å². The first-order chi connectivity index (χ1) is 9.02. The largest absolute Gasteiger partial charge is 0.439 e. The van der Waals surface area contributed by atoms with E-state index in [-0.39, 0.29) is 50.6 Å². The van der Waals surface area contributed by atoms with Gasteiger partial charge in [-0.1, -0.05) is 44.6 Å². The first kappa shape index (κ1) is 46.0. The maximum absolute atomic E-state index is 12.5. The van der Waals surface area contributed by atoms with Gasteiger partial charge in [0.1, 0.15) is 0 Å². The van der Waals surface area contributed by atoms with E-state index in [0.717, 1.165) is 0 Å². The lowest BCUT2D eigenvalue weighted by molar-refractivity contribution is -0.131. The molecule has 0 aliphatic carbocycles. The Bertz CT molecular complexity index is 333. The smallest absolute Gasteiger partial charge is 0.389 e. The quantitative estimate of drug-likeness (QED) is 0.330. The van der Waals surface area contributed by atoms with Crippen LogP contribution >= 0.6 is 0 Å². The molecule has 0 aromatic rings. The SMILES string of the molecule is C.C.C.C.C.C.C[SiH](O[Si](C)(C)C)O[Si](C)(CCC(F)(F)F)O[Si](C)(C)C. The molecule has 0 rings (SSSR count). The molecule has 0 aromatic carbocycles. The van der Waals surface area contributed by atoms with Crippen LogP contribution in [0.3, 0.4) is 0 Å². The molecule has 0 bridgehead atoms. The summed E-state index contributed by atoms with van der Waals surface area (Å²) in [6.45, 7) is 15.7. The molecule has 3 nitrogen and oxygen atoms in total. The van der Waals surface area contributed by atoms with Gasteiger partial charge >= 0.3 is 14.7 Å². The molecule has 0 saturated heterocycles. The van der Waals surface area contributed by atoms with E-state index in [9.17, 15) is 13.2 Å².